The van der Waals surface area contributed by atoms with E-state index in [1.807, 2.05) is 5.06 Å². The predicted molar refractivity (Wildman–Crippen MR) is 78.7 cm³/mol. The summed E-state index contributed by atoms with van der Waals surface area (Å²) in [6.45, 7) is 5.32. The Balaban J connectivity index is 2.02. The molecule has 1 aliphatic rings. The number of hydrogen-bond acceptors (Lipinski definition) is 3. The van der Waals surface area contributed by atoms with Crippen molar-refractivity contribution in [3.05, 3.63) is 46.1 Å². The zero-order valence-electron chi connectivity index (χ0n) is 12.4. The summed E-state index contributed by atoms with van der Waals surface area (Å²) >= 11 is 0. The van der Waals surface area contributed by atoms with Crippen LogP contribution in [0.3, 0.4) is 0 Å². The van der Waals surface area contributed by atoms with E-state index in [1.54, 1.807) is 12.1 Å². The molecule has 1 fully saturated rings. The summed E-state index contributed by atoms with van der Waals surface area (Å²) in [5.74, 6) is 0.327. The second-order valence-corrected chi connectivity index (χ2v) is 5.86. The molecule has 1 aromatic rings. The summed E-state index contributed by atoms with van der Waals surface area (Å²) in [5.41, 5.74) is 9.43. The molecule has 2 atom stereocenters. The smallest absolute Gasteiger partial charge is 0.123 e. The largest absolute Gasteiger partial charge is 0.295 e. The second-order valence-electron chi connectivity index (χ2n) is 5.86. The Hall–Kier alpha value is -1.62. The van der Waals surface area contributed by atoms with E-state index in [1.165, 1.54) is 12.1 Å². The molecule has 2 rings (SSSR count). The standard InChI is InChI=1S/C15H21FN4O/c1-11(2)7-14-8-15(9-18-19-17)21-20(14)10-12-3-5-13(16)6-4-12/h3-6,11,14-15H,7-10H2,1-2H3/t14?,15-/m1/s1. The minimum atomic E-state index is -0.235. The highest BCUT2D eigenvalue weighted by Gasteiger charge is 2.33. The number of azide groups is 1. The van der Waals surface area contributed by atoms with Gasteiger partial charge in [-0.3, -0.25) is 4.84 Å². The molecule has 6 heteroatoms. The molecule has 0 aromatic heterocycles. The topological polar surface area (TPSA) is 61.2 Å². The van der Waals surface area contributed by atoms with E-state index in [4.69, 9.17) is 10.4 Å². The van der Waals surface area contributed by atoms with Crippen LogP contribution in [0.1, 0.15) is 32.3 Å². The molecule has 0 N–H and O–H groups in total. The van der Waals surface area contributed by atoms with Gasteiger partial charge in [0.1, 0.15) is 5.82 Å². The Labute approximate surface area is 124 Å². The monoisotopic (exact) mass is 292 g/mol. The Morgan fingerprint density at radius 2 is 2.14 bits per heavy atom. The molecular formula is C15H21FN4O. The van der Waals surface area contributed by atoms with Crippen LogP contribution in [0.5, 0.6) is 0 Å². The van der Waals surface area contributed by atoms with Crippen LogP contribution in [0.2, 0.25) is 0 Å². The van der Waals surface area contributed by atoms with E-state index >= 15 is 0 Å². The van der Waals surface area contributed by atoms with Gasteiger partial charge in [0.05, 0.1) is 12.6 Å². The van der Waals surface area contributed by atoms with Crippen LogP contribution in [-0.4, -0.2) is 23.8 Å². The van der Waals surface area contributed by atoms with E-state index in [9.17, 15) is 4.39 Å². The lowest BCUT2D eigenvalue weighted by molar-refractivity contribution is -0.168. The quantitative estimate of drug-likeness (QED) is 0.451. The first-order chi connectivity index (χ1) is 10.1. The lowest BCUT2D eigenvalue weighted by Gasteiger charge is -2.24. The minimum absolute atomic E-state index is 0.0647. The number of nitrogens with zero attached hydrogens (tertiary/aromatic N) is 4. The third-order valence-corrected chi connectivity index (χ3v) is 3.57. The van der Waals surface area contributed by atoms with Crippen molar-refractivity contribution in [2.45, 2.75) is 45.4 Å². The fraction of sp³-hybridized carbons (Fsp3) is 0.600. The summed E-state index contributed by atoms with van der Waals surface area (Å²) in [7, 11) is 0. The van der Waals surface area contributed by atoms with Crippen molar-refractivity contribution >= 4 is 0 Å². The van der Waals surface area contributed by atoms with Crippen molar-refractivity contribution < 1.29 is 9.23 Å². The highest BCUT2D eigenvalue weighted by molar-refractivity contribution is 5.15. The van der Waals surface area contributed by atoms with Crippen LogP contribution in [0.4, 0.5) is 4.39 Å². The Morgan fingerprint density at radius 3 is 2.76 bits per heavy atom. The van der Waals surface area contributed by atoms with Gasteiger partial charge in [0.2, 0.25) is 0 Å². The third kappa shape index (κ3) is 4.70. The number of hydrogen-bond donors (Lipinski definition) is 0. The third-order valence-electron chi connectivity index (χ3n) is 3.57. The first kappa shape index (κ1) is 15.8. The van der Waals surface area contributed by atoms with Crippen LogP contribution in [0, 0.1) is 11.7 Å². The molecule has 0 amide bonds. The number of benzene rings is 1. The fourth-order valence-corrected chi connectivity index (χ4v) is 2.67. The predicted octanol–water partition coefficient (Wildman–Crippen LogP) is 4.06. The second kappa shape index (κ2) is 7.41. The maximum Gasteiger partial charge on any atom is 0.123 e. The average Bonchev–Trinajstić information content (AvgIpc) is 2.80. The summed E-state index contributed by atoms with van der Waals surface area (Å²) in [4.78, 5) is 8.67. The van der Waals surface area contributed by atoms with E-state index in [2.05, 4.69) is 23.9 Å². The van der Waals surface area contributed by atoms with E-state index in [-0.39, 0.29) is 11.9 Å². The maximum absolute atomic E-state index is 13.0. The van der Waals surface area contributed by atoms with Crippen LogP contribution < -0.4 is 0 Å². The van der Waals surface area contributed by atoms with Crippen molar-refractivity contribution in [1.82, 2.24) is 5.06 Å². The van der Waals surface area contributed by atoms with Crippen LogP contribution in [0.25, 0.3) is 10.4 Å². The van der Waals surface area contributed by atoms with Crippen molar-refractivity contribution in [1.29, 1.82) is 0 Å². The number of hydroxylamine groups is 2. The van der Waals surface area contributed by atoms with Gasteiger partial charge in [-0.15, -0.1) is 0 Å². The van der Waals surface area contributed by atoms with Crippen molar-refractivity contribution in [3.63, 3.8) is 0 Å². The van der Waals surface area contributed by atoms with Gasteiger partial charge in [0.15, 0.2) is 0 Å². The average molecular weight is 292 g/mol. The van der Waals surface area contributed by atoms with E-state index in [0.717, 1.165) is 18.4 Å². The van der Waals surface area contributed by atoms with Gasteiger partial charge in [-0.05, 0) is 42.0 Å². The number of halogens is 1. The highest BCUT2D eigenvalue weighted by atomic mass is 19.1. The van der Waals surface area contributed by atoms with Gasteiger partial charge in [-0.2, -0.15) is 5.06 Å². The molecule has 114 valence electrons. The Bertz CT molecular complexity index is 499. The molecule has 1 saturated heterocycles. The molecule has 0 spiro atoms. The molecule has 1 heterocycles. The van der Waals surface area contributed by atoms with Gasteiger partial charge in [0, 0.05) is 17.5 Å². The van der Waals surface area contributed by atoms with Gasteiger partial charge in [0.25, 0.3) is 0 Å². The first-order valence-electron chi connectivity index (χ1n) is 7.27. The molecular weight excluding hydrogens is 271 g/mol. The minimum Gasteiger partial charge on any atom is -0.295 e. The molecule has 21 heavy (non-hydrogen) atoms. The van der Waals surface area contributed by atoms with Crippen molar-refractivity contribution in [2.24, 2.45) is 11.0 Å². The maximum atomic E-state index is 13.0. The molecule has 0 radical (unpaired) electrons. The molecule has 5 nitrogen and oxygen atoms in total. The normalized spacial score (nSPS) is 22.5. The van der Waals surface area contributed by atoms with Gasteiger partial charge >= 0.3 is 0 Å². The highest BCUT2D eigenvalue weighted by Crippen LogP contribution is 2.28. The zero-order chi connectivity index (χ0) is 15.2. The van der Waals surface area contributed by atoms with E-state index < -0.39 is 0 Å². The summed E-state index contributed by atoms with van der Waals surface area (Å²) < 4.78 is 13.0. The molecule has 0 bridgehead atoms. The number of rotatable bonds is 6. The summed E-state index contributed by atoms with van der Waals surface area (Å²) in [5, 5.41) is 5.55. The molecule has 1 unspecified atom stereocenters. The fourth-order valence-electron chi connectivity index (χ4n) is 2.67. The lowest BCUT2D eigenvalue weighted by atomic mass is 9.99. The summed E-state index contributed by atoms with van der Waals surface area (Å²) in [6, 6.07) is 6.76. The lowest BCUT2D eigenvalue weighted by Crippen LogP contribution is -2.29. The van der Waals surface area contributed by atoms with Gasteiger partial charge in [-0.1, -0.05) is 31.1 Å². The SMILES string of the molecule is CC(C)CC1C[C@H](CN=[N+]=[N-])ON1Cc1ccc(F)cc1. The van der Waals surface area contributed by atoms with Crippen molar-refractivity contribution in [2.75, 3.05) is 6.54 Å². The Morgan fingerprint density at radius 1 is 1.43 bits per heavy atom. The molecule has 1 aliphatic heterocycles. The molecule has 0 saturated carbocycles. The molecule has 0 aliphatic carbocycles. The first-order valence-corrected chi connectivity index (χ1v) is 7.27. The Kier molecular flexibility index (Phi) is 5.56. The van der Waals surface area contributed by atoms with E-state index in [0.29, 0.717) is 25.0 Å². The van der Waals surface area contributed by atoms with Crippen LogP contribution in [-0.2, 0) is 11.4 Å². The van der Waals surface area contributed by atoms with Crippen LogP contribution >= 0.6 is 0 Å². The zero-order valence-corrected chi connectivity index (χ0v) is 12.4. The molecule has 1 aromatic carbocycles. The van der Waals surface area contributed by atoms with Gasteiger partial charge < -0.3 is 0 Å². The van der Waals surface area contributed by atoms with Crippen LogP contribution in [0.15, 0.2) is 29.4 Å². The van der Waals surface area contributed by atoms with Gasteiger partial charge in [-0.25, -0.2) is 4.39 Å². The summed E-state index contributed by atoms with van der Waals surface area (Å²) in [6.07, 6.45) is 1.82. The van der Waals surface area contributed by atoms with Crippen molar-refractivity contribution in [3.8, 4) is 0 Å².